The molecule has 18 heteroatoms. The van der Waals surface area contributed by atoms with Gasteiger partial charge < -0.3 is 25.1 Å². The fourth-order valence-electron chi connectivity index (χ4n) is 7.61. The van der Waals surface area contributed by atoms with Crippen LogP contribution in [0.1, 0.15) is 70.1 Å². The first kappa shape index (κ1) is 41.4. The molecule has 2 atom stereocenters. The quantitative estimate of drug-likeness (QED) is 0.108. The van der Waals surface area contributed by atoms with Gasteiger partial charge in [0.15, 0.2) is 0 Å². The Balaban J connectivity index is 1.53. The lowest BCUT2D eigenvalue weighted by Crippen LogP contribution is -2.38. The van der Waals surface area contributed by atoms with E-state index >= 15 is 0 Å². The zero-order valence-corrected chi connectivity index (χ0v) is 32.7. The van der Waals surface area contributed by atoms with Gasteiger partial charge in [-0.3, -0.25) is 18.5 Å². The van der Waals surface area contributed by atoms with Gasteiger partial charge in [-0.15, -0.1) is 0 Å². The predicted molar refractivity (Wildman–Crippen MR) is 201 cm³/mol. The Bertz CT molecular complexity index is 2280. The number of hydrogen-bond acceptors (Lipinski definition) is 11. The van der Waals surface area contributed by atoms with Crippen LogP contribution in [-0.2, 0) is 52.4 Å². The van der Waals surface area contributed by atoms with Crippen molar-refractivity contribution in [3.63, 3.8) is 0 Å². The van der Waals surface area contributed by atoms with Gasteiger partial charge >= 0.3 is 5.97 Å². The number of benzene rings is 2. The number of carboxylic acids is 1. The van der Waals surface area contributed by atoms with Crippen LogP contribution in [0.25, 0.3) is 0 Å². The number of aliphatic carboxylic acids is 1. The monoisotopic (exact) mass is 810 g/mol. The number of hydrogen-bond donors (Lipinski definition) is 6. The first-order valence-electron chi connectivity index (χ1n) is 17.3. The van der Waals surface area contributed by atoms with E-state index in [0.29, 0.717) is 47.6 Å². The third-order valence-electron chi connectivity index (χ3n) is 10.4. The number of anilines is 2. The molecular weight excluding hydrogens is 765 g/mol. The Morgan fingerprint density at radius 1 is 0.759 bits per heavy atom. The van der Waals surface area contributed by atoms with Gasteiger partial charge in [-0.25, -0.2) is 0 Å². The molecule has 2 aromatic carbocycles. The lowest BCUT2D eigenvalue weighted by atomic mass is 9.75. The van der Waals surface area contributed by atoms with Crippen molar-refractivity contribution in [1.29, 1.82) is 0 Å². The van der Waals surface area contributed by atoms with Crippen LogP contribution < -0.4 is 9.80 Å². The van der Waals surface area contributed by atoms with Crippen LogP contribution >= 0.6 is 0 Å². The highest BCUT2D eigenvalue weighted by atomic mass is 32.2. The average molecular weight is 811 g/mol. The Morgan fingerprint density at radius 2 is 1.26 bits per heavy atom. The summed E-state index contributed by atoms with van der Waals surface area (Å²) in [4.78, 5) is 14.9. The van der Waals surface area contributed by atoms with E-state index in [1.54, 1.807) is 30.4 Å². The van der Waals surface area contributed by atoms with Crippen molar-refractivity contribution in [2.45, 2.75) is 81.6 Å². The van der Waals surface area contributed by atoms with Gasteiger partial charge in [0.05, 0.1) is 34.8 Å². The third-order valence-corrected chi connectivity index (χ3v) is 12.9. The summed E-state index contributed by atoms with van der Waals surface area (Å²) >= 11 is 0. The number of aliphatic hydroxyl groups excluding tert-OH is 2. The summed E-state index contributed by atoms with van der Waals surface area (Å²) in [7, 11) is -12.9. The number of allylic oxidation sites excluding steroid dienone is 2. The molecule has 0 bridgehead atoms. The van der Waals surface area contributed by atoms with Gasteiger partial charge in [-0.2, -0.15) is 25.3 Å². The van der Waals surface area contributed by atoms with Gasteiger partial charge in [-0.1, -0.05) is 45.9 Å². The van der Waals surface area contributed by atoms with Gasteiger partial charge in [0.25, 0.3) is 30.4 Å². The Morgan fingerprint density at radius 3 is 1.76 bits per heavy atom. The number of aliphatic hydroxyl groups is 2. The van der Waals surface area contributed by atoms with Crippen LogP contribution in [0.15, 0.2) is 76.2 Å². The summed E-state index contributed by atoms with van der Waals surface area (Å²) in [6, 6.07) is 9.41. The molecule has 1 aliphatic carbocycles. The average Bonchev–Trinajstić information content (AvgIpc) is 3.38. The van der Waals surface area contributed by atoms with E-state index in [1.807, 2.05) is 37.5 Å². The number of rotatable bonds is 15. The van der Waals surface area contributed by atoms with Crippen LogP contribution in [-0.4, -0.2) is 90.9 Å². The molecule has 296 valence electrons. The second-order valence-corrected chi connectivity index (χ2v) is 19.6. The molecule has 0 fully saturated rings. The summed E-state index contributed by atoms with van der Waals surface area (Å²) in [6.45, 7) is 8.03. The van der Waals surface area contributed by atoms with Crippen LogP contribution in [0.3, 0.4) is 0 Å². The molecule has 3 aliphatic rings. The summed E-state index contributed by atoms with van der Waals surface area (Å²) in [5.74, 6) is -2.89. The summed E-state index contributed by atoms with van der Waals surface area (Å²) < 4.78 is 97.7. The molecule has 0 aromatic heterocycles. The molecule has 6 N–H and O–H groups in total. The van der Waals surface area contributed by atoms with Crippen molar-refractivity contribution in [3.8, 4) is 0 Å². The molecule has 2 unspecified atom stereocenters. The fourth-order valence-corrected chi connectivity index (χ4v) is 9.25. The highest BCUT2D eigenvalue weighted by Crippen LogP contribution is 2.52. The minimum Gasteiger partial charge on any atom is -0.511 e. The first-order valence-corrected chi connectivity index (χ1v) is 22.0. The standard InChI is InChI=1S/C36H46N2O13S3/c1-35(2)26-17-22(18-32(39)40)9-11-28(26)37(13-5-7-15-52(43,44)45)30(35)20-24-33(41)25(34(24)42)21-31-36(3,4)27-19-23(54(49,50)51)10-12-29(27)38(31)14-6-8-16-53(46,47)48/h9-12,17,19-21,24,33,41-42H,5-8,13-16,18H2,1-4H3,(H,39,40)(H,43,44,45)(H,46,47,48)(H,49,50,51). The van der Waals surface area contributed by atoms with Crippen LogP contribution in [0, 0.1) is 5.92 Å². The maximum atomic E-state index is 12.0. The predicted octanol–water partition coefficient (Wildman–Crippen LogP) is 4.36. The lowest BCUT2D eigenvalue weighted by molar-refractivity contribution is -0.136. The van der Waals surface area contributed by atoms with Gasteiger partial charge in [0, 0.05) is 52.3 Å². The molecule has 0 spiro atoms. The van der Waals surface area contributed by atoms with Crippen LogP contribution in [0.4, 0.5) is 11.4 Å². The normalized spacial score (nSPS) is 22.1. The first-order chi connectivity index (χ1) is 24.8. The van der Waals surface area contributed by atoms with Crippen LogP contribution in [0.2, 0.25) is 0 Å². The highest BCUT2D eigenvalue weighted by molar-refractivity contribution is 7.86. The van der Waals surface area contributed by atoms with E-state index in [-0.39, 0.29) is 42.0 Å². The molecular formula is C36H46N2O13S3. The van der Waals surface area contributed by atoms with Crippen molar-refractivity contribution in [1.82, 2.24) is 0 Å². The number of nitrogens with zero attached hydrogens (tertiary/aromatic N) is 2. The van der Waals surface area contributed by atoms with Gasteiger partial charge in [0.1, 0.15) is 5.76 Å². The molecule has 0 radical (unpaired) electrons. The molecule has 2 aliphatic heterocycles. The lowest BCUT2D eigenvalue weighted by Gasteiger charge is -2.37. The Hall–Kier alpha value is -3.78. The fraction of sp³-hybridized carbons (Fsp3) is 0.472. The molecule has 0 saturated heterocycles. The molecule has 5 rings (SSSR count). The smallest absolute Gasteiger partial charge is 0.307 e. The zero-order valence-electron chi connectivity index (χ0n) is 30.3. The number of unbranched alkanes of at least 4 members (excludes halogenated alkanes) is 2. The Kier molecular flexibility index (Phi) is 11.3. The summed E-state index contributed by atoms with van der Waals surface area (Å²) in [5, 5.41) is 32.5. The van der Waals surface area contributed by atoms with Crippen molar-refractivity contribution >= 4 is 47.7 Å². The van der Waals surface area contributed by atoms with E-state index in [2.05, 4.69) is 0 Å². The third kappa shape index (κ3) is 8.54. The maximum absolute atomic E-state index is 12.0. The molecule has 0 amide bonds. The van der Waals surface area contributed by atoms with E-state index < -0.39 is 70.7 Å². The van der Waals surface area contributed by atoms with Crippen molar-refractivity contribution < 1.29 is 59.0 Å². The zero-order chi connectivity index (χ0) is 40.2. The highest BCUT2D eigenvalue weighted by Gasteiger charge is 2.46. The summed E-state index contributed by atoms with van der Waals surface area (Å²) in [6.07, 6.45) is 2.91. The van der Waals surface area contributed by atoms with Crippen molar-refractivity contribution in [2.75, 3.05) is 34.4 Å². The molecule has 15 nitrogen and oxygen atoms in total. The van der Waals surface area contributed by atoms with Crippen LogP contribution in [0.5, 0.6) is 0 Å². The number of carboxylic acid groups (broad SMARTS) is 1. The van der Waals surface area contributed by atoms with E-state index in [0.717, 1.165) is 11.3 Å². The van der Waals surface area contributed by atoms with Crippen molar-refractivity contribution in [2.24, 2.45) is 5.92 Å². The largest absolute Gasteiger partial charge is 0.511 e. The second kappa shape index (κ2) is 14.7. The van der Waals surface area contributed by atoms with Crippen molar-refractivity contribution in [3.05, 3.63) is 88.0 Å². The van der Waals surface area contributed by atoms with Gasteiger partial charge in [0.2, 0.25) is 0 Å². The Labute approximate surface area is 315 Å². The minimum atomic E-state index is -4.55. The van der Waals surface area contributed by atoms with E-state index in [9.17, 15) is 59.0 Å². The molecule has 2 heterocycles. The van der Waals surface area contributed by atoms with E-state index in [4.69, 9.17) is 0 Å². The number of carbonyl (C=O) groups is 1. The second-order valence-electron chi connectivity index (χ2n) is 15.0. The molecule has 0 saturated carbocycles. The maximum Gasteiger partial charge on any atom is 0.307 e. The molecule has 2 aromatic rings. The topological polar surface area (TPSA) is 247 Å². The molecule has 54 heavy (non-hydrogen) atoms. The minimum absolute atomic E-state index is 0.121. The SMILES string of the molecule is CC1(C)C(=CC2C(O)=C(C=C3N(CCCCS(=O)(=O)O)c4ccc(S(=O)(=O)O)cc4C3(C)C)C2O)N(CCCCS(=O)(=O)O)c2ccc(CC(=O)O)cc21. The number of fused-ring (bicyclic) bond motifs is 2. The van der Waals surface area contributed by atoms with E-state index in [1.165, 1.54) is 18.2 Å². The van der Waals surface area contributed by atoms with Gasteiger partial charge in [-0.05, 0) is 72.7 Å². The summed E-state index contributed by atoms with van der Waals surface area (Å²) in [5.41, 5.74) is 3.04.